The molecular weight excluding hydrogens is 474 g/mol. The van der Waals surface area contributed by atoms with Crippen molar-refractivity contribution >= 4 is 23.3 Å². The number of rotatable bonds is 7. The van der Waals surface area contributed by atoms with E-state index < -0.39 is 34.5 Å². The highest BCUT2D eigenvalue weighted by Crippen LogP contribution is 2.66. The topological polar surface area (TPSA) is 181 Å². The number of hydrogen-bond acceptors (Lipinski definition) is 9. The molecule has 11 nitrogen and oxygen atoms in total. The second kappa shape index (κ2) is 10.4. The number of hydrogen-bond donors (Lipinski definition) is 3. The molecule has 0 amide bonds. The highest BCUT2D eigenvalue weighted by molar-refractivity contribution is 5.94. The number of Topliss-reactive ketones (excluding diaryl/α,β-unsaturated/α-hetero) is 2. The summed E-state index contributed by atoms with van der Waals surface area (Å²) < 4.78 is 0. The van der Waals surface area contributed by atoms with Gasteiger partial charge in [-0.25, -0.2) is 0 Å². The van der Waals surface area contributed by atoms with Gasteiger partial charge in [-0.1, -0.05) is 19.4 Å². The molecule has 200 valence electrons. The molecule has 0 bridgehead atoms. The van der Waals surface area contributed by atoms with Crippen LogP contribution in [0.1, 0.15) is 71.6 Å². The molecule has 0 aromatic heterocycles. The van der Waals surface area contributed by atoms with Crippen LogP contribution in [0.5, 0.6) is 0 Å². The van der Waals surface area contributed by atoms with Crippen LogP contribution in [-0.4, -0.2) is 62.5 Å². The fourth-order valence-corrected chi connectivity index (χ4v) is 7.34. The van der Waals surface area contributed by atoms with Gasteiger partial charge >= 0.3 is 5.97 Å². The van der Waals surface area contributed by atoms with Gasteiger partial charge in [0.1, 0.15) is 18.0 Å². The van der Waals surface area contributed by atoms with Gasteiger partial charge in [0.2, 0.25) is 0 Å². The summed E-state index contributed by atoms with van der Waals surface area (Å²) in [5.74, 6) is -1.15. The van der Waals surface area contributed by atoms with Crippen LogP contribution in [0.25, 0.3) is 0 Å². The predicted octanol–water partition coefficient (Wildman–Crippen LogP) is 2.05. The van der Waals surface area contributed by atoms with Gasteiger partial charge in [-0.2, -0.15) is 0 Å². The Hall–Kier alpha value is -2.66. The Morgan fingerprint density at radius 1 is 1.19 bits per heavy atom. The Morgan fingerprint density at radius 3 is 2.50 bits per heavy atom. The van der Waals surface area contributed by atoms with Gasteiger partial charge < -0.3 is 20.2 Å². The van der Waals surface area contributed by atoms with Crippen LogP contribution in [0, 0.1) is 38.7 Å². The molecule has 0 heterocycles. The van der Waals surface area contributed by atoms with E-state index in [1.807, 2.05) is 6.92 Å². The number of nitrogens with zero attached hydrogens (tertiary/aromatic N) is 1. The lowest BCUT2D eigenvalue weighted by molar-refractivity contribution is -0.757. The second-order valence-electron chi connectivity index (χ2n) is 10.9. The fourth-order valence-electron chi connectivity index (χ4n) is 7.34. The molecule has 0 radical (unpaired) electrons. The van der Waals surface area contributed by atoms with E-state index in [0.29, 0.717) is 25.7 Å². The van der Waals surface area contributed by atoms with Crippen LogP contribution >= 0.6 is 0 Å². The molecule has 3 saturated carbocycles. The molecule has 4 aliphatic carbocycles. The summed E-state index contributed by atoms with van der Waals surface area (Å²) in [5.41, 5.74) is -1.55. The van der Waals surface area contributed by atoms with Gasteiger partial charge in [0.25, 0.3) is 5.09 Å². The number of allylic oxidation sites excluding steroid dienone is 1. The van der Waals surface area contributed by atoms with Crippen molar-refractivity contribution in [3.8, 4) is 0 Å². The SMILES string of the molecule is C[C@]12CCC(=O)C=C1CC[C@@H]1[C@@H]2C(=O)C[C@@]2(C)[C@H]1CC[C@]2(O)C(=O)CO.O=C(O)CCCO[N+](=O)[O-]. The van der Waals surface area contributed by atoms with Crippen molar-refractivity contribution in [2.45, 2.75) is 77.2 Å². The molecular formula is C25H35NO10. The molecule has 4 aliphatic rings. The minimum Gasteiger partial charge on any atom is -0.481 e. The molecule has 11 heteroatoms. The summed E-state index contributed by atoms with van der Waals surface area (Å²) in [6, 6.07) is 0. The van der Waals surface area contributed by atoms with Crippen molar-refractivity contribution < 1.29 is 44.4 Å². The zero-order valence-corrected chi connectivity index (χ0v) is 20.7. The van der Waals surface area contributed by atoms with E-state index in [4.69, 9.17) is 5.11 Å². The van der Waals surface area contributed by atoms with Crippen molar-refractivity contribution in [1.29, 1.82) is 0 Å². The Kier molecular flexibility index (Phi) is 8.04. The first kappa shape index (κ1) is 27.9. The monoisotopic (exact) mass is 509 g/mol. The van der Waals surface area contributed by atoms with Crippen LogP contribution in [0.4, 0.5) is 0 Å². The highest BCUT2D eigenvalue weighted by Gasteiger charge is 2.68. The lowest BCUT2D eigenvalue weighted by Gasteiger charge is -2.57. The molecule has 36 heavy (non-hydrogen) atoms. The fraction of sp³-hybridized carbons (Fsp3) is 0.760. The molecule has 4 rings (SSSR count). The first-order valence-corrected chi connectivity index (χ1v) is 12.4. The predicted molar refractivity (Wildman–Crippen MR) is 124 cm³/mol. The van der Waals surface area contributed by atoms with E-state index in [9.17, 15) is 39.5 Å². The van der Waals surface area contributed by atoms with Crippen LogP contribution in [0.2, 0.25) is 0 Å². The Morgan fingerprint density at radius 2 is 1.89 bits per heavy atom. The van der Waals surface area contributed by atoms with Crippen molar-refractivity contribution in [2.24, 2.45) is 28.6 Å². The third kappa shape index (κ3) is 4.82. The second-order valence-corrected chi connectivity index (χ2v) is 10.9. The number of fused-ring (bicyclic) bond motifs is 5. The number of ketones is 3. The summed E-state index contributed by atoms with van der Waals surface area (Å²) in [7, 11) is 0. The van der Waals surface area contributed by atoms with E-state index in [1.165, 1.54) is 0 Å². The maximum atomic E-state index is 13.3. The number of carboxylic acids is 1. The van der Waals surface area contributed by atoms with Crippen LogP contribution in [0.15, 0.2) is 11.6 Å². The Balaban J connectivity index is 0.000000308. The zero-order chi connectivity index (χ0) is 26.9. The molecule has 0 spiro atoms. The average Bonchev–Trinajstić information content (AvgIpc) is 3.07. The lowest BCUT2D eigenvalue weighted by atomic mass is 9.46. The smallest absolute Gasteiger partial charge is 0.303 e. The summed E-state index contributed by atoms with van der Waals surface area (Å²) >= 11 is 0. The molecule has 6 atom stereocenters. The quantitative estimate of drug-likeness (QED) is 0.261. The van der Waals surface area contributed by atoms with Crippen molar-refractivity contribution in [3.63, 3.8) is 0 Å². The first-order chi connectivity index (χ1) is 16.8. The largest absolute Gasteiger partial charge is 0.481 e. The molecule has 3 fully saturated rings. The van der Waals surface area contributed by atoms with Crippen LogP contribution in [0.3, 0.4) is 0 Å². The van der Waals surface area contributed by atoms with Gasteiger partial charge in [-0.05, 0) is 61.9 Å². The maximum absolute atomic E-state index is 13.3. The normalized spacial score (nSPS) is 36.9. The van der Waals surface area contributed by atoms with Gasteiger partial charge in [0, 0.05) is 30.6 Å². The molecule has 0 aliphatic heterocycles. The third-order valence-corrected chi connectivity index (χ3v) is 9.14. The summed E-state index contributed by atoms with van der Waals surface area (Å²) in [6.45, 7) is 3.15. The van der Waals surface area contributed by atoms with Crippen LogP contribution in [-0.2, 0) is 24.0 Å². The number of carbonyl (C=O) groups is 4. The minimum atomic E-state index is -1.60. The van der Waals surface area contributed by atoms with E-state index in [-0.39, 0.29) is 60.6 Å². The van der Waals surface area contributed by atoms with Crippen molar-refractivity contribution in [2.75, 3.05) is 13.2 Å². The van der Waals surface area contributed by atoms with Gasteiger partial charge in [0.05, 0.1) is 6.61 Å². The number of aliphatic hydroxyl groups is 2. The lowest BCUT2D eigenvalue weighted by Crippen LogP contribution is -2.60. The van der Waals surface area contributed by atoms with E-state index >= 15 is 0 Å². The Bertz CT molecular complexity index is 960. The number of aliphatic carboxylic acids is 1. The molecule has 0 aromatic rings. The summed E-state index contributed by atoms with van der Waals surface area (Å²) in [6.07, 6.45) is 5.88. The van der Waals surface area contributed by atoms with E-state index in [0.717, 1.165) is 18.4 Å². The summed E-state index contributed by atoms with van der Waals surface area (Å²) in [4.78, 5) is 60.7. The van der Waals surface area contributed by atoms with Crippen LogP contribution < -0.4 is 0 Å². The van der Waals surface area contributed by atoms with E-state index in [1.54, 1.807) is 6.08 Å². The minimum absolute atomic E-state index is 0.0988. The number of aliphatic hydroxyl groups excluding tert-OH is 1. The highest BCUT2D eigenvalue weighted by atomic mass is 16.9. The average molecular weight is 510 g/mol. The van der Waals surface area contributed by atoms with Crippen molar-refractivity contribution in [1.82, 2.24) is 0 Å². The van der Waals surface area contributed by atoms with Gasteiger partial charge in [-0.3, -0.25) is 19.2 Å². The van der Waals surface area contributed by atoms with Gasteiger partial charge in [-0.15, -0.1) is 10.1 Å². The molecule has 0 saturated heterocycles. The summed E-state index contributed by atoms with van der Waals surface area (Å²) in [5, 5.41) is 37.1. The third-order valence-electron chi connectivity index (χ3n) is 9.14. The zero-order valence-electron chi connectivity index (χ0n) is 20.7. The standard InChI is InChI=1S/C21H28O5.C4H7NO5/c1-19-7-5-13(23)9-12(19)3-4-14-15-6-8-21(26,17(25)11-22)20(15,2)10-16(24)18(14)19;6-4(7)2-1-3-10-5(8)9/h9,14-15,18,22,26H,3-8,10-11H2,1-2H3;1-3H2,(H,6,7)/t14-,15-,18+,19-,20-,21-;/m0./s1. The molecule has 3 N–H and O–H groups in total. The molecule has 0 aromatic carbocycles. The van der Waals surface area contributed by atoms with E-state index in [2.05, 4.69) is 11.8 Å². The number of carboxylic acid groups (broad SMARTS) is 1. The number of carbonyl (C=O) groups excluding carboxylic acids is 3. The van der Waals surface area contributed by atoms with Crippen molar-refractivity contribution in [3.05, 3.63) is 21.8 Å². The van der Waals surface area contributed by atoms with Gasteiger partial charge in [0.15, 0.2) is 11.6 Å². The Labute approximate surface area is 209 Å². The first-order valence-electron chi connectivity index (χ1n) is 12.4. The maximum Gasteiger partial charge on any atom is 0.303 e. The molecule has 0 unspecified atom stereocenters.